The second kappa shape index (κ2) is 5.95. The molecular formula is C11H9F4N5O2. The molecule has 0 saturated heterocycles. The zero-order valence-electron chi connectivity index (χ0n) is 11.1. The maximum absolute atomic E-state index is 13.7. The van der Waals surface area contributed by atoms with Crippen molar-refractivity contribution >= 4 is 11.8 Å². The van der Waals surface area contributed by atoms with Crippen LogP contribution >= 0.6 is 0 Å². The third-order valence-corrected chi connectivity index (χ3v) is 2.44. The highest BCUT2D eigenvalue weighted by molar-refractivity contribution is 5.86. The molecule has 0 aromatic carbocycles. The normalized spacial score (nSPS) is 11.3. The highest BCUT2D eigenvalue weighted by Gasteiger charge is 2.27. The van der Waals surface area contributed by atoms with Gasteiger partial charge in [0.15, 0.2) is 17.3 Å². The van der Waals surface area contributed by atoms with E-state index < -0.39 is 30.3 Å². The summed E-state index contributed by atoms with van der Waals surface area (Å²) in [6.45, 7) is -1.41. The summed E-state index contributed by atoms with van der Waals surface area (Å²) in [5.74, 6) is -2.28. The van der Waals surface area contributed by atoms with Crippen LogP contribution < -0.4 is 5.32 Å². The molecule has 0 saturated carbocycles. The first-order valence-electron chi connectivity index (χ1n) is 5.77. The minimum Gasteiger partial charge on any atom is -0.464 e. The molecule has 0 atom stereocenters. The molecule has 0 aliphatic heterocycles. The van der Waals surface area contributed by atoms with E-state index in [1.807, 2.05) is 5.32 Å². The molecule has 0 aliphatic rings. The Balaban J connectivity index is 2.18. The molecule has 0 unspecified atom stereocenters. The van der Waals surface area contributed by atoms with Crippen molar-refractivity contribution in [3.63, 3.8) is 0 Å². The molecule has 0 radical (unpaired) electrons. The summed E-state index contributed by atoms with van der Waals surface area (Å²) < 4.78 is 55.3. The summed E-state index contributed by atoms with van der Waals surface area (Å²) in [5.41, 5.74) is -0.0279. The average Bonchev–Trinajstić information content (AvgIpc) is 2.94. The van der Waals surface area contributed by atoms with Gasteiger partial charge < -0.3 is 10.1 Å². The quantitative estimate of drug-likeness (QED) is 0.680. The lowest BCUT2D eigenvalue weighted by Gasteiger charge is -2.10. The second-order valence-electron chi connectivity index (χ2n) is 4.03. The number of halogens is 4. The molecule has 2 aromatic heterocycles. The summed E-state index contributed by atoms with van der Waals surface area (Å²) in [4.78, 5) is 14.8. The number of pyridine rings is 1. The molecule has 2 heterocycles. The van der Waals surface area contributed by atoms with E-state index in [2.05, 4.69) is 20.0 Å². The van der Waals surface area contributed by atoms with Crippen LogP contribution in [0.5, 0.6) is 0 Å². The van der Waals surface area contributed by atoms with Gasteiger partial charge in [0.05, 0.1) is 25.2 Å². The monoisotopic (exact) mass is 319 g/mol. The lowest BCUT2D eigenvalue weighted by Crippen LogP contribution is -2.22. The summed E-state index contributed by atoms with van der Waals surface area (Å²) >= 11 is 0. The Morgan fingerprint density at radius 1 is 1.45 bits per heavy atom. The number of nitrogens with one attached hydrogen (secondary N) is 1. The molecule has 0 aliphatic carbocycles. The maximum Gasteiger partial charge on any atom is 0.405 e. The number of esters is 1. The maximum atomic E-state index is 13.7. The van der Waals surface area contributed by atoms with E-state index in [1.54, 1.807) is 0 Å². The van der Waals surface area contributed by atoms with E-state index in [0.717, 1.165) is 24.1 Å². The summed E-state index contributed by atoms with van der Waals surface area (Å²) in [5, 5.41) is 8.91. The van der Waals surface area contributed by atoms with Gasteiger partial charge in [-0.2, -0.15) is 13.2 Å². The fraction of sp³-hybridized carbons (Fsp3) is 0.273. The number of methoxy groups -OCH3 is 1. The zero-order chi connectivity index (χ0) is 16.3. The molecule has 0 bridgehead atoms. The molecule has 11 heteroatoms. The van der Waals surface area contributed by atoms with Gasteiger partial charge in [-0.25, -0.2) is 18.9 Å². The predicted octanol–water partition coefficient (Wildman–Crippen LogP) is 1.56. The second-order valence-corrected chi connectivity index (χ2v) is 4.03. The van der Waals surface area contributed by atoms with Gasteiger partial charge in [-0.1, -0.05) is 5.21 Å². The van der Waals surface area contributed by atoms with Gasteiger partial charge >= 0.3 is 12.1 Å². The lowest BCUT2D eigenvalue weighted by atomic mass is 10.3. The number of nitrogens with zero attached hydrogens (tertiary/aromatic N) is 4. The fourth-order valence-electron chi connectivity index (χ4n) is 1.46. The lowest BCUT2D eigenvalue weighted by molar-refractivity contribution is -0.115. The highest BCUT2D eigenvalue weighted by Crippen LogP contribution is 2.19. The van der Waals surface area contributed by atoms with Crippen molar-refractivity contribution in [2.45, 2.75) is 6.18 Å². The smallest absolute Gasteiger partial charge is 0.405 e. The van der Waals surface area contributed by atoms with E-state index in [-0.39, 0.29) is 11.4 Å². The van der Waals surface area contributed by atoms with Gasteiger partial charge in [0.25, 0.3) is 0 Å². The Morgan fingerprint density at radius 2 is 2.18 bits per heavy atom. The number of alkyl halides is 3. The van der Waals surface area contributed by atoms with E-state index in [9.17, 15) is 22.4 Å². The summed E-state index contributed by atoms with van der Waals surface area (Å²) in [6, 6.07) is 0.904. The van der Waals surface area contributed by atoms with E-state index in [4.69, 9.17) is 0 Å². The molecule has 1 N–H and O–H groups in total. The Morgan fingerprint density at radius 3 is 2.77 bits per heavy atom. The molecule has 0 amide bonds. The highest BCUT2D eigenvalue weighted by atomic mass is 19.4. The molecule has 0 spiro atoms. The van der Waals surface area contributed by atoms with Gasteiger partial charge in [0.2, 0.25) is 0 Å². The molecule has 118 valence electrons. The number of hydrogen-bond acceptors (Lipinski definition) is 6. The summed E-state index contributed by atoms with van der Waals surface area (Å²) in [6.07, 6.45) is -2.24. The van der Waals surface area contributed by atoms with E-state index in [0.29, 0.717) is 0 Å². The van der Waals surface area contributed by atoms with E-state index >= 15 is 0 Å². The minimum absolute atomic E-state index is 0.0812. The van der Waals surface area contributed by atoms with Crippen molar-refractivity contribution in [2.24, 2.45) is 0 Å². The van der Waals surface area contributed by atoms with Crippen LogP contribution in [0, 0.1) is 5.82 Å². The number of aromatic nitrogens is 4. The first kappa shape index (κ1) is 15.7. The molecule has 22 heavy (non-hydrogen) atoms. The first-order chi connectivity index (χ1) is 10.3. The Kier molecular flexibility index (Phi) is 4.24. The van der Waals surface area contributed by atoms with Crippen molar-refractivity contribution in [1.82, 2.24) is 20.0 Å². The Labute approximate surface area is 120 Å². The van der Waals surface area contributed by atoms with Gasteiger partial charge in [0.1, 0.15) is 6.54 Å². The van der Waals surface area contributed by atoms with Gasteiger partial charge in [-0.05, 0) is 0 Å². The molecule has 2 aromatic rings. The SMILES string of the molecule is COC(=O)c1cn(-c2cnc(NCC(F)(F)F)c(F)c2)nn1. The van der Waals surface area contributed by atoms with Crippen molar-refractivity contribution in [3.8, 4) is 5.69 Å². The number of rotatable bonds is 4. The van der Waals surface area contributed by atoms with Crippen LogP contribution in [0.2, 0.25) is 0 Å². The van der Waals surface area contributed by atoms with Crippen LogP contribution in [0.25, 0.3) is 5.69 Å². The zero-order valence-corrected chi connectivity index (χ0v) is 11.1. The number of ether oxygens (including phenoxy) is 1. The molecule has 2 rings (SSSR count). The van der Waals surface area contributed by atoms with Crippen molar-refractivity contribution in [1.29, 1.82) is 0 Å². The van der Waals surface area contributed by atoms with Gasteiger partial charge in [-0.15, -0.1) is 5.10 Å². The van der Waals surface area contributed by atoms with Crippen LogP contribution in [0.1, 0.15) is 10.5 Å². The minimum atomic E-state index is -4.49. The van der Waals surface area contributed by atoms with Crippen LogP contribution in [-0.4, -0.2) is 45.8 Å². The number of hydrogen-bond donors (Lipinski definition) is 1. The molecule has 0 fully saturated rings. The standard InChI is InChI=1S/C11H9F4N5O2/c1-22-10(21)8-4-20(19-18-8)6-2-7(12)9(16-3-6)17-5-11(13,14)15/h2-4H,5H2,1H3,(H,16,17). The molecule has 7 nitrogen and oxygen atoms in total. The van der Waals surface area contributed by atoms with Crippen LogP contribution in [0.15, 0.2) is 18.5 Å². The third kappa shape index (κ3) is 3.68. The van der Waals surface area contributed by atoms with Gasteiger partial charge in [0, 0.05) is 6.07 Å². The topological polar surface area (TPSA) is 81.9 Å². The van der Waals surface area contributed by atoms with Crippen molar-refractivity contribution in [3.05, 3.63) is 30.0 Å². The Bertz CT molecular complexity index is 685. The first-order valence-corrected chi connectivity index (χ1v) is 5.77. The Hall–Kier alpha value is -2.72. The number of carbonyl (C=O) groups is 1. The van der Waals surface area contributed by atoms with Crippen molar-refractivity contribution in [2.75, 3.05) is 19.0 Å². The number of anilines is 1. The number of carbonyl (C=O) groups excluding carboxylic acids is 1. The predicted molar refractivity (Wildman–Crippen MR) is 65.0 cm³/mol. The van der Waals surface area contributed by atoms with Crippen molar-refractivity contribution < 1.29 is 27.1 Å². The largest absolute Gasteiger partial charge is 0.464 e. The summed E-state index contributed by atoms with van der Waals surface area (Å²) in [7, 11) is 1.16. The molecular weight excluding hydrogens is 310 g/mol. The van der Waals surface area contributed by atoms with Crippen LogP contribution in [-0.2, 0) is 4.74 Å². The average molecular weight is 319 g/mol. The third-order valence-electron chi connectivity index (χ3n) is 2.44. The fourth-order valence-corrected chi connectivity index (χ4v) is 1.46. The van der Waals surface area contributed by atoms with Gasteiger partial charge in [-0.3, -0.25) is 0 Å². The van der Waals surface area contributed by atoms with E-state index in [1.165, 1.54) is 6.20 Å². The van der Waals surface area contributed by atoms with Crippen LogP contribution in [0.3, 0.4) is 0 Å². The van der Waals surface area contributed by atoms with Crippen LogP contribution in [0.4, 0.5) is 23.4 Å².